The molecule has 0 heterocycles. The molecule has 0 radical (unpaired) electrons. The van der Waals surface area contributed by atoms with Gasteiger partial charge in [0.2, 0.25) is 0 Å². The molecular formula is C11H24OSi. The van der Waals surface area contributed by atoms with Crippen molar-refractivity contribution in [1.82, 2.24) is 0 Å². The van der Waals surface area contributed by atoms with Crippen LogP contribution in [0.15, 0.2) is 0 Å². The van der Waals surface area contributed by atoms with Crippen LogP contribution in [0.1, 0.15) is 33.1 Å². The Morgan fingerprint density at radius 1 is 1.00 bits per heavy atom. The van der Waals surface area contributed by atoms with Gasteiger partial charge in [-0.3, -0.25) is 0 Å². The summed E-state index contributed by atoms with van der Waals surface area (Å²) in [5.41, 5.74) is 0. The molecule has 3 unspecified atom stereocenters. The van der Waals surface area contributed by atoms with Crippen molar-refractivity contribution in [2.45, 2.75) is 58.9 Å². The van der Waals surface area contributed by atoms with E-state index in [1.807, 2.05) is 0 Å². The lowest BCUT2D eigenvalue weighted by Gasteiger charge is -2.35. The third kappa shape index (κ3) is 3.82. The topological polar surface area (TPSA) is 9.23 Å². The minimum absolute atomic E-state index is 0.567. The van der Waals surface area contributed by atoms with Crippen molar-refractivity contribution < 1.29 is 4.43 Å². The van der Waals surface area contributed by atoms with Crippen LogP contribution in [0, 0.1) is 11.8 Å². The smallest absolute Gasteiger partial charge is 0.184 e. The van der Waals surface area contributed by atoms with Crippen LogP contribution < -0.4 is 0 Å². The number of hydrogen-bond acceptors (Lipinski definition) is 1. The maximum absolute atomic E-state index is 6.14. The summed E-state index contributed by atoms with van der Waals surface area (Å²) >= 11 is 0. The summed E-state index contributed by atoms with van der Waals surface area (Å²) in [4.78, 5) is 0. The third-order valence-electron chi connectivity index (χ3n) is 3.07. The van der Waals surface area contributed by atoms with Gasteiger partial charge >= 0.3 is 0 Å². The van der Waals surface area contributed by atoms with E-state index in [4.69, 9.17) is 4.43 Å². The first-order valence-corrected chi connectivity index (χ1v) is 8.97. The second-order valence-electron chi connectivity index (χ2n) is 5.62. The quantitative estimate of drug-likeness (QED) is 0.618. The molecule has 0 spiro atoms. The van der Waals surface area contributed by atoms with Gasteiger partial charge in [-0.25, -0.2) is 0 Å². The van der Waals surface area contributed by atoms with Crippen molar-refractivity contribution in [3.63, 3.8) is 0 Å². The molecule has 0 aromatic carbocycles. The van der Waals surface area contributed by atoms with Gasteiger partial charge in [0, 0.05) is 6.10 Å². The fraction of sp³-hybridized carbons (Fsp3) is 1.00. The fourth-order valence-electron chi connectivity index (χ4n) is 2.11. The molecule has 1 saturated carbocycles. The standard InChI is InChI=1S/C11H24OSi/c1-9-6-7-11(8-10(9)2)12-13(3,4)5/h9-11H,6-8H2,1-5H3. The van der Waals surface area contributed by atoms with E-state index in [2.05, 4.69) is 33.5 Å². The lowest BCUT2D eigenvalue weighted by Crippen LogP contribution is -2.36. The number of rotatable bonds is 2. The van der Waals surface area contributed by atoms with E-state index in [0.29, 0.717) is 6.10 Å². The van der Waals surface area contributed by atoms with Crippen molar-refractivity contribution in [1.29, 1.82) is 0 Å². The van der Waals surface area contributed by atoms with E-state index < -0.39 is 8.32 Å². The second-order valence-corrected chi connectivity index (χ2v) is 10.1. The molecule has 1 fully saturated rings. The van der Waals surface area contributed by atoms with E-state index in [1.54, 1.807) is 0 Å². The Morgan fingerprint density at radius 3 is 2.08 bits per heavy atom. The molecule has 0 N–H and O–H groups in total. The summed E-state index contributed by atoms with van der Waals surface area (Å²) < 4.78 is 6.14. The Morgan fingerprint density at radius 2 is 1.62 bits per heavy atom. The Kier molecular flexibility index (Phi) is 3.58. The average molecular weight is 200 g/mol. The van der Waals surface area contributed by atoms with Gasteiger partial charge in [-0.2, -0.15) is 0 Å². The summed E-state index contributed by atoms with van der Waals surface area (Å²) in [7, 11) is -1.30. The molecule has 3 atom stereocenters. The number of hydrogen-bond donors (Lipinski definition) is 0. The Hall–Kier alpha value is 0.177. The van der Waals surface area contributed by atoms with Gasteiger partial charge in [-0.05, 0) is 50.7 Å². The van der Waals surface area contributed by atoms with Crippen LogP contribution in [0.5, 0.6) is 0 Å². The molecule has 13 heavy (non-hydrogen) atoms. The van der Waals surface area contributed by atoms with Crippen molar-refractivity contribution in [2.75, 3.05) is 0 Å². The molecule has 0 aromatic heterocycles. The molecule has 1 aliphatic carbocycles. The monoisotopic (exact) mass is 200 g/mol. The van der Waals surface area contributed by atoms with Crippen LogP contribution in [0.2, 0.25) is 19.6 Å². The highest BCUT2D eigenvalue weighted by Crippen LogP contribution is 2.32. The van der Waals surface area contributed by atoms with Crippen LogP contribution in [0.4, 0.5) is 0 Å². The van der Waals surface area contributed by atoms with Crippen LogP contribution in [0.3, 0.4) is 0 Å². The Bertz CT molecular complexity index is 162. The van der Waals surface area contributed by atoms with Gasteiger partial charge < -0.3 is 4.43 Å². The SMILES string of the molecule is CC1CCC(O[Si](C)(C)C)CC1C. The fourth-order valence-corrected chi connectivity index (χ4v) is 3.32. The zero-order valence-electron chi connectivity index (χ0n) is 9.76. The lowest BCUT2D eigenvalue weighted by molar-refractivity contribution is 0.0949. The molecule has 0 aliphatic heterocycles. The summed E-state index contributed by atoms with van der Waals surface area (Å²) in [5, 5.41) is 0. The van der Waals surface area contributed by atoms with Gasteiger partial charge in [0.15, 0.2) is 8.32 Å². The maximum atomic E-state index is 6.14. The predicted molar refractivity (Wildman–Crippen MR) is 60.4 cm³/mol. The van der Waals surface area contributed by atoms with Crippen molar-refractivity contribution >= 4 is 8.32 Å². The minimum Gasteiger partial charge on any atom is -0.415 e. The van der Waals surface area contributed by atoms with Gasteiger partial charge in [-0.1, -0.05) is 13.8 Å². The zero-order valence-corrected chi connectivity index (χ0v) is 10.8. The lowest BCUT2D eigenvalue weighted by atomic mass is 9.80. The molecule has 0 amide bonds. The molecule has 1 nitrogen and oxygen atoms in total. The van der Waals surface area contributed by atoms with Gasteiger partial charge in [0.25, 0.3) is 0 Å². The largest absolute Gasteiger partial charge is 0.415 e. The Labute approximate surface area is 84.0 Å². The van der Waals surface area contributed by atoms with E-state index >= 15 is 0 Å². The molecule has 78 valence electrons. The van der Waals surface area contributed by atoms with Crippen LogP contribution in [-0.4, -0.2) is 14.4 Å². The van der Waals surface area contributed by atoms with E-state index in [9.17, 15) is 0 Å². The second kappa shape index (κ2) is 4.14. The van der Waals surface area contributed by atoms with Crippen LogP contribution in [0.25, 0.3) is 0 Å². The molecule has 0 saturated heterocycles. The van der Waals surface area contributed by atoms with Gasteiger partial charge in [0.1, 0.15) is 0 Å². The predicted octanol–water partition coefficient (Wildman–Crippen LogP) is 3.66. The first kappa shape index (κ1) is 11.3. The average Bonchev–Trinajstić information content (AvgIpc) is 1.94. The minimum atomic E-state index is -1.30. The molecule has 0 aromatic rings. The highest BCUT2D eigenvalue weighted by atomic mass is 28.4. The Balaban J connectivity index is 2.38. The first-order chi connectivity index (χ1) is 5.88. The van der Waals surface area contributed by atoms with Gasteiger partial charge in [0.05, 0.1) is 0 Å². The van der Waals surface area contributed by atoms with Crippen molar-refractivity contribution in [2.24, 2.45) is 11.8 Å². The highest BCUT2D eigenvalue weighted by Gasteiger charge is 2.28. The highest BCUT2D eigenvalue weighted by molar-refractivity contribution is 6.69. The first-order valence-electron chi connectivity index (χ1n) is 5.56. The summed E-state index contributed by atoms with van der Waals surface area (Å²) in [6, 6.07) is 0. The normalized spacial score (nSPS) is 36.2. The summed E-state index contributed by atoms with van der Waals surface area (Å²) in [5.74, 6) is 1.76. The molecule has 0 bridgehead atoms. The third-order valence-corrected chi connectivity index (χ3v) is 4.11. The summed E-state index contributed by atoms with van der Waals surface area (Å²) in [6.07, 6.45) is 4.50. The van der Waals surface area contributed by atoms with E-state index in [-0.39, 0.29) is 0 Å². The maximum Gasteiger partial charge on any atom is 0.184 e. The zero-order chi connectivity index (χ0) is 10.1. The molecule has 1 rings (SSSR count). The van der Waals surface area contributed by atoms with Crippen LogP contribution in [-0.2, 0) is 4.43 Å². The van der Waals surface area contributed by atoms with Crippen LogP contribution >= 0.6 is 0 Å². The van der Waals surface area contributed by atoms with Crippen molar-refractivity contribution in [3.8, 4) is 0 Å². The molecular weight excluding hydrogens is 176 g/mol. The molecule has 1 aliphatic rings. The van der Waals surface area contributed by atoms with E-state index in [1.165, 1.54) is 19.3 Å². The van der Waals surface area contributed by atoms with Gasteiger partial charge in [-0.15, -0.1) is 0 Å². The summed E-state index contributed by atoms with van der Waals surface area (Å²) in [6.45, 7) is 11.6. The van der Waals surface area contributed by atoms with E-state index in [0.717, 1.165) is 11.8 Å². The van der Waals surface area contributed by atoms with Crippen molar-refractivity contribution in [3.05, 3.63) is 0 Å². The molecule has 2 heteroatoms.